The molecule has 1 aromatic rings. The van der Waals surface area contributed by atoms with Crippen molar-refractivity contribution in [3.8, 4) is 0 Å². The van der Waals surface area contributed by atoms with E-state index in [2.05, 4.69) is 19.2 Å². The average Bonchev–Trinajstić information content (AvgIpc) is 2.95. The molecule has 4 rings (SSSR count). The second kappa shape index (κ2) is 6.92. The monoisotopic (exact) mass is 373 g/mol. The Labute approximate surface area is 159 Å². The highest BCUT2D eigenvalue weighted by Gasteiger charge is 2.46. The zero-order valence-electron chi connectivity index (χ0n) is 15.6. The van der Waals surface area contributed by atoms with E-state index in [0.717, 1.165) is 23.4 Å². The lowest BCUT2D eigenvalue weighted by Crippen LogP contribution is -2.37. The highest BCUT2D eigenvalue weighted by molar-refractivity contribution is 6.31. The summed E-state index contributed by atoms with van der Waals surface area (Å²) < 4.78 is 5.23. The van der Waals surface area contributed by atoms with E-state index in [1.807, 2.05) is 32.0 Å². The number of allylic oxidation sites excluding steroid dienone is 2. The number of cyclic esters (lactones) is 1. The van der Waals surface area contributed by atoms with Gasteiger partial charge >= 0.3 is 5.97 Å². The molecule has 26 heavy (non-hydrogen) atoms. The standard InChI is InChI=1S/C19H18ClNO3.C2H6/c1-19(2)7-12-16(14(22)8-19)15(10-5-3-4-6-11(10)20)17-13(21-12)9-24-18(17)23;1-2/h3-6,15,21H,7-9H2,1-2H3;1-2H3. The van der Waals surface area contributed by atoms with Crippen LogP contribution in [0.4, 0.5) is 0 Å². The van der Waals surface area contributed by atoms with E-state index in [1.165, 1.54) is 0 Å². The van der Waals surface area contributed by atoms with Crippen molar-refractivity contribution in [2.24, 2.45) is 5.41 Å². The maximum atomic E-state index is 12.9. The number of hydrogen-bond donors (Lipinski definition) is 1. The molecule has 4 nitrogen and oxygen atoms in total. The van der Waals surface area contributed by atoms with Gasteiger partial charge < -0.3 is 10.1 Å². The molecular weight excluding hydrogens is 350 g/mol. The van der Waals surface area contributed by atoms with E-state index >= 15 is 0 Å². The molecule has 1 unspecified atom stereocenters. The predicted molar refractivity (Wildman–Crippen MR) is 102 cm³/mol. The first-order valence-electron chi connectivity index (χ1n) is 9.05. The van der Waals surface area contributed by atoms with Crippen LogP contribution in [0.1, 0.15) is 52.0 Å². The second-order valence-corrected chi connectivity index (χ2v) is 7.79. The van der Waals surface area contributed by atoms with Gasteiger partial charge in [0.1, 0.15) is 6.61 Å². The molecule has 3 aliphatic rings. The van der Waals surface area contributed by atoms with E-state index < -0.39 is 5.92 Å². The molecule has 1 aliphatic carbocycles. The number of benzene rings is 1. The molecule has 0 bridgehead atoms. The van der Waals surface area contributed by atoms with Gasteiger partial charge in [-0.1, -0.05) is 57.5 Å². The number of esters is 1. The predicted octanol–water partition coefficient (Wildman–Crippen LogP) is 4.51. The van der Waals surface area contributed by atoms with Crippen molar-refractivity contribution < 1.29 is 14.3 Å². The maximum absolute atomic E-state index is 12.9. The largest absolute Gasteiger partial charge is 0.456 e. The lowest BCUT2D eigenvalue weighted by atomic mass is 9.69. The highest BCUT2D eigenvalue weighted by atomic mass is 35.5. The number of rotatable bonds is 1. The Hall–Kier alpha value is -2.07. The Morgan fingerprint density at radius 1 is 1.08 bits per heavy atom. The minimum Gasteiger partial charge on any atom is -0.456 e. The summed E-state index contributed by atoms with van der Waals surface area (Å²) in [5, 5.41) is 3.86. The molecular formula is C21H24ClNO3. The van der Waals surface area contributed by atoms with Gasteiger partial charge in [-0.2, -0.15) is 0 Å². The highest BCUT2D eigenvalue weighted by Crippen LogP contribution is 2.49. The third-order valence-corrected chi connectivity index (χ3v) is 5.25. The zero-order valence-corrected chi connectivity index (χ0v) is 16.4. The third-order valence-electron chi connectivity index (χ3n) is 4.91. The first-order chi connectivity index (χ1) is 12.4. The summed E-state index contributed by atoms with van der Waals surface area (Å²) in [5.74, 6) is -0.736. The van der Waals surface area contributed by atoms with E-state index in [4.69, 9.17) is 16.3 Å². The number of carbonyl (C=O) groups excluding carboxylic acids is 2. The summed E-state index contributed by atoms with van der Waals surface area (Å²) in [6, 6.07) is 7.39. The van der Waals surface area contributed by atoms with Crippen LogP contribution >= 0.6 is 11.6 Å². The van der Waals surface area contributed by atoms with Gasteiger partial charge in [-0.15, -0.1) is 0 Å². The van der Waals surface area contributed by atoms with E-state index in [1.54, 1.807) is 6.07 Å². The van der Waals surface area contributed by atoms with Gasteiger partial charge in [0.25, 0.3) is 0 Å². The smallest absolute Gasteiger partial charge is 0.337 e. The minimum atomic E-state index is -0.441. The van der Waals surface area contributed by atoms with Crippen LogP contribution in [0.25, 0.3) is 0 Å². The third kappa shape index (κ3) is 3.07. The SMILES string of the molecule is CC.CC1(C)CC(=O)C2=C(C1)NC1=C(C(=O)OC1)C2c1ccccc1Cl. The molecule has 5 heteroatoms. The molecule has 0 aromatic heterocycles. The molecule has 0 radical (unpaired) electrons. The Morgan fingerprint density at radius 3 is 2.46 bits per heavy atom. The fourth-order valence-electron chi connectivity index (χ4n) is 3.94. The number of nitrogens with one attached hydrogen (secondary N) is 1. The van der Waals surface area contributed by atoms with Crippen LogP contribution in [-0.4, -0.2) is 18.4 Å². The number of ketones is 1. The van der Waals surface area contributed by atoms with Crippen molar-refractivity contribution in [1.29, 1.82) is 0 Å². The lowest BCUT2D eigenvalue weighted by Gasteiger charge is -2.38. The van der Waals surface area contributed by atoms with Gasteiger partial charge in [0.15, 0.2) is 5.78 Å². The first-order valence-corrected chi connectivity index (χ1v) is 9.43. The number of hydrogen-bond acceptors (Lipinski definition) is 4. The normalized spacial score (nSPS) is 23.5. The molecule has 138 valence electrons. The fraction of sp³-hybridized carbons (Fsp3) is 0.429. The topological polar surface area (TPSA) is 55.4 Å². The quantitative estimate of drug-likeness (QED) is 0.736. The molecule has 1 atom stereocenters. The Kier molecular flexibility index (Phi) is 4.98. The van der Waals surface area contributed by atoms with Crippen molar-refractivity contribution in [1.82, 2.24) is 5.32 Å². The summed E-state index contributed by atoms with van der Waals surface area (Å²) in [6.45, 7) is 8.39. The number of carbonyl (C=O) groups is 2. The summed E-state index contributed by atoms with van der Waals surface area (Å²) in [6.07, 6.45) is 1.23. The van der Waals surface area contributed by atoms with E-state index in [0.29, 0.717) is 22.6 Å². The molecule has 1 N–H and O–H groups in total. The van der Waals surface area contributed by atoms with Crippen molar-refractivity contribution in [2.45, 2.75) is 46.5 Å². The Balaban J connectivity index is 0.000000948. The van der Waals surface area contributed by atoms with Crippen LogP contribution < -0.4 is 5.32 Å². The van der Waals surface area contributed by atoms with E-state index in [9.17, 15) is 9.59 Å². The van der Waals surface area contributed by atoms with Gasteiger partial charge in [-0.3, -0.25) is 4.79 Å². The van der Waals surface area contributed by atoms with Gasteiger partial charge in [0.05, 0.1) is 11.3 Å². The second-order valence-electron chi connectivity index (χ2n) is 7.38. The fourth-order valence-corrected chi connectivity index (χ4v) is 4.18. The number of halogens is 1. The molecule has 1 aromatic carbocycles. The van der Waals surface area contributed by atoms with Crippen LogP contribution in [-0.2, 0) is 14.3 Å². The lowest BCUT2D eigenvalue weighted by molar-refractivity contribution is -0.136. The number of ether oxygens (including phenoxy) is 1. The molecule has 0 saturated heterocycles. The summed E-state index contributed by atoms with van der Waals surface area (Å²) in [5.41, 5.74) is 3.53. The molecule has 0 amide bonds. The van der Waals surface area contributed by atoms with Crippen molar-refractivity contribution in [3.05, 3.63) is 57.4 Å². The Morgan fingerprint density at radius 2 is 1.77 bits per heavy atom. The minimum absolute atomic E-state index is 0.0740. The molecule has 0 spiro atoms. The van der Waals surface area contributed by atoms with Crippen LogP contribution in [0.3, 0.4) is 0 Å². The van der Waals surface area contributed by atoms with Crippen molar-refractivity contribution in [3.63, 3.8) is 0 Å². The average molecular weight is 374 g/mol. The van der Waals surface area contributed by atoms with Gasteiger partial charge in [0.2, 0.25) is 0 Å². The molecule has 2 heterocycles. The van der Waals surface area contributed by atoms with Crippen molar-refractivity contribution >= 4 is 23.4 Å². The number of dihydropyridines is 1. The summed E-state index contributed by atoms with van der Waals surface area (Å²) in [7, 11) is 0. The molecule has 0 saturated carbocycles. The van der Waals surface area contributed by atoms with Crippen LogP contribution in [0.5, 0.6) is 0 Å². The summed E-state index contributed by atoms with van der Waals surface area (Å²) >= 11 is 6.40. The van der Waals surface area contributed by atoms with Gasteiger partial charge in [-0.05, 0) is 23.5 Å². The van der Waals surface area contributed by atoms with Crippen LogP contribution in [0.15, 0.2) is 46.8 Å². The number of Topliss-reactive ketones (excluding diaryl/α,β-unsaturated/α-hetero) is 1. The van der Waals surface area contributed by atoms with Crippen LogP contribution in [0, 0.1) is 5.41 Å². The maximum Gasteiger partial charge on any atom is 0.337 e. The van der Waals surface area contributed by atoms with Gasteiger partial charge in [0, 0.05) is 28.6 Å². The van der Waals surface area contributed by atoms with Crippen LogP contribution in [0.2, 0.25) is 5.02 Å². The van der Waals surface area contributed by atoms with Crippen molar-refractivity contribution in [2.75, 3.05) is 6.61 Å². The first kappa shape index (κ1) is 18.7. The Bertz CT molecular complexity index is 835. The molecule has 2 aliphatic heterocycles. The zero-order chi connectivity index (χ0) is 19.1. The van der Waals surface area contributed by atoms with Gasteiger partial charge in [-0.25, -0.2) is 4.79 Å². The van der Waals surface area contributed by atoms with E-state index in [-0.39, 0.29) is 23.8 Å². The summed E-state index contributed by atoms with van der Waals surface area (Å²) in [4.78, 5) is 25.2. The molecule has 0 fully saturated rings.